The minimum absolute atomic E-state index is 0.0131. The van der Waals surface area contributed by atoms with Crippen LogP contribution in [0.5, 0.6) is 0 Å². The van der Waals surface area contributed by atoms with Gasteiger partial charge in [-0.05, 0) is 42.3 Å². The van der Waals surface area contributed by atoms with E-state index in [9.17, 15) is 4.79 Å². The average molecular weight is 366 g/mol. The van der Waals surface area contributed by atoms with Crippen molar-refractivity contribution < 1.29 is 4.79 Å². The minimum atomic E-state index is 0.0131. The van der Waals surface area contributed by atoms with Crippen molar-refractivity contribution in [2.45, 2.75) is 19.4 Å². The summed E-state index contributed by atoms with van der Waals surface area (Å²) in [6, 6.07) is 12.0. The lowest BCUT2D eigenvalue weighted by molar-refractivity contribution is -0.115. The fourth-order valence-corrected chi connectivity index (χ4v) is 2.91. The van der Waals surface area contributed by atoms with Crippen LogP contribution in [-0.4, -0.2) is 5.91 Å². The summed E-state index contributed by atoms with van der Waals surface area (Å²) < 4.78 is 1.05. The second-order valence-electron chi connectivity index (χ2n) is 5.13. The molecule has 108 valence electrons. The zero-order valence-corrected chi connectivity index (χ0v) is 13.8. The summed E-state index contributed by atoms with van der Waals surface area (Å²) >= 11 is 9.72. The van der Waals surface area contributed by atoms with Gasteiger partial charge in [0.25, 0.3) is 0 Å². The molecule has 1 aliphatic heterocycles. The van der Waals surface area contributed by atoms with Crippen molar-refractivity contribution in [2.75, 3.05) is 10.6 Å². The highest BCUT2D eigenvalue weighted by molar-refractivity contribution is 9.10. The molecule has 0 saturated heterocycles. The van der Waals surface area contributed by atoms with Crippen molar-refractivity contribution in [3.05, 3.63) is 57.0 Å². The Morgan fingerprint density at radius 3 is 2.71 bits per heavy atom. The zero-order valence-electron chi connectivity index (χ0n) is 11.4. The Morgan fingerprint density at radius 2 is 2.00 bits per heavy atom. The third kappa shape index (κ3) is 3.06. The largest absolute Gasteiger partial charge is 0.377 e. The van der Waals surface area contributed by atoms with E-state index in [-0.39, 0.29) is 11.9 Å². The number of anilines is 2. The summed E-state index contributed by atoms with van der Waals surface area (Å²) in [5.74, 6) is 0.0131. The number of hydrogen-bond donors (Lipinski definition) is 2. The number of amides is 1. The van der Waals surface area contributed by atoms with Crippen LogP contribution < -0.4 is 10.6 Å². The zero-order chi connectivity index (χ0) is 15.0. The molecule has 1 heterocycles. The van der Waals surface area contributed by atoms with Crippen molar-refractivity contribution in [2.24, 2.45) is 0 Å². The van der Waals surface area contributed by atoms with Gasteiger partial charge < -0.3 is 10.6 Å². The highest BCUT2D eigenvalue weighted by atomic mass is 79.9. The fraction of sp³-hybridized carbons (Fsp3) is 0.188. The van der Waals surface area contributed by atoms with E-state index >= 15 is 0 Å². The summed E-state index contributed by atoms with van der Waals surface area (Å²) in [5.41, 5.74) is 3.81. The Labute approximate surface area is 136 Å². The van der Waals surface area contributed by atoms with Crippen LogP contribution in [0.2, 0.25) is 5.02 Å². The number of benzene rings is 2. The Hall–Kier alpha value is -1.52. The lowest BCUT2D eigenvalue weighted by atomic mass is 10.1. The van der Waals surface area contributed by atoms with Crippen LogP contribution in [0, 0.1) is 0 Å². The average Bonchev–Trinajstić information content (AvgIpc) is 2.79. The third-order valence-electron chi connectivity index (χ3n) is 3.56. The second-order valence-corrected chi connectivity index (χ2v) is 6.45. The molecule has 1 unspecified atom stereocenters. The minimum Gasteiger partial charge on any atom is -0.377 e. The number of hydrogen-bond acceptors (Lipinski definition) is 2. The molecule has 2 N–H and O–H groups in total. The predicted molar refractivity (Wildman–Crippen MR) is 90.0 cm³/mol. The first kappa shape index (κ1) is 14.4. The smallest absolute Gasteiger partial charge is 0.228 e. The summed E-state index contributed by atoms with van der Waals surface area (Å²) in [6.45, 7) is 2.08. The van der Waals surface area contributed by atoms with Crippen LogP contribution in [0.3, 0.4) is 0 Å². The van der Waals surface area contributed by atoms with E-state index in [2.05, 4.69) is 45.6 Å². The fourth-order valence-electron chi connectivity index (χ4n) is 2.43. The lowest BCUT2D eigenvalue weighted by Gasteiger charge is -2.18. The molecular weight excluding hydrogens is 352 g/mol. The normalized spacial score (nSPS) is 14.5. The summed E-state index contributed by atoms with van der Waals surface area (Å²) in [4.78, 5) is 11.4. The van der Waals surface area contributed by atoms with E-state index in [0.29, 0.717) is 11.4 Å². The first-order valence-electron chi connectivity index (χ1n) is 6.67. The molecule has 0 radical (unpaired) electrons. The maximum absolute atomic E-state index is 11.4. The van der Waals surface area contributed by atoms with E-state index < -0.39 is 0 Å². The molecule has 1 amide bonds. The van der Waals surface area contributed by atoms with Crippen LogP contribution in [-0.2, 0) is 11.2 Å². The Kier molecular flexibility index (Phi) is 3.91. The quantitative estimate of drug-likeness (QED) is 0.822. The number of fused-ring (bicyclic) bond motifs is 1. The molecule has 0 aliphatic carbocycles. The first-order valence-corrected chi connectivity index (χ1v) is 7.84. The summed E-state index contributed by atoms with van der Waals surface area (Å²) in [6.07, 6.45) is 0.411. The van der Waals surface area contributed by atoms with Gasteiger partial charge in [0.1, 0.15) is 0 Å². The molecular formula is C16H14BrClN2O. The van der Waals surface area contributed by atoms with Gasteiger partial charge in [-0.1, -0.05) is 39.7 Å². The standard InChI is InChI=1S/C16H14BrClN2O/c1-9(10-2-4-12(17)5-3-10)19-15-6-11-7-16(21)20-14(11)8-13(15)18/h2-6,8-9,19H,7H2,1H3,(H,20,21). The molecule has 0 aromatic heterocycles. The number of nitrogens with one attached hydrogen (secondary N) is 2. The van der Waals surface area contributed by atoms with Crippen LogP contribution in [0.4, 0.5) is 11.4 Å². The van der Waals surface area contributed by atoms with Crippen molar-refractivity contribution >= 4 is 44.8 Å². The maximum atomic E-state index is 11.4. The van der Waals surface area contributed by atoms with Crippen molar-refractivity contribution in [3.8, 4) is 0 Å². The predicted octanol–water partition coefficient (Wildman–Crippen LogP) is 4.77. The number of halogens is 2. The van der Waals surface area contributed by atoms with Gasteiger partial charge in [-0.2, -0.15) is 0 Å². The van der Waals surface area contributed by atoms with E-state index in [1.807, 2.05) is 18.2 Å². The van der Waals surface area contributed by atoms with E-state index in [0.717, 1.165) is 21.4 Å². The molecule has 1 atom stereocenters. The van der Waals surface area contributed by atoms with Gasteiger partial charge in [0.15, 0.2) is 0 Å². The van der Waals surface area contributed by atoms with Gasteiger partial charge in [0, 0.05) is 16.2 Å². The van der Waals surface area contributed by atoms with Gasteiger partial charge in [0.2, 0.25) is 5.91 Å². The van der Waals surface area contributed by atoms with Crippen molar-refractivity contribution in [1.29, 1.82) is 0 Å². The Bertz CT molecular complexity index is 700. The summed E-state index contributed by atoms with van der Waals surface area (Å²) in [5, 5.41) is 6.82. The number of carbonyl (C=O) groups is 1. The van der Waals surface area contributed by atoms with Crippen LogP contribution in [0.1, 0.15) is 24.1 Å². The SMILES string of the molecule is CC(Nc1cc2c(cc1Cl)NC(=O)C2)c1ccc(Br)cc1. The van der Waals surface area contributed by atoms with E-state index in [1.54, 1.807) is 6.07 Å². The van der Waals surface area contributed by atoms with E-state index in [4.69, 9.17) is 11.6 Å². The van der Waals surface area contributed by atoms with Gasteiger partial charge in [-0.15, -0.1) is 0 Å². The molecule has 21 heavy (non-hydrogen) atoms. The van der Waals surface area contributed by atoms with Gasteiger partial charge >= 0.3 is 0 Å². The Balaban J connectivity index is 1.83. The second kappa shape index (κ2) is 5.70. The number of rotatable bonds is 3. The molecule has 2 aromatic rings. The molecule has 5 heteroatoms. The van der Waals surface area contributed by atoms with Crippen molar-refractivity contribution in [1.82, 2.24) is 0 Å². The first-order chi connectivity index (χ1) is 10.0. The van der Waals surface area contributed by atoms with Crippen LogP contribution in [0.25, 0.3) is 0 Å². The van der Waals surface area contributed by atoms with Gasteiger partial charge in [0.05, 0.1) is 17.1 Å². The molecule has 2 aromatic carbocycles. The lowest BCUT2D eigenvalue weighted by Crippen LogP contribution is -2.07. The van der Waals surface area contributed by atoms with Crippen LogP contribution in [0.15, 0.2) is 40.9 Å². The highest BCUT2D eigenvalue weighted by Gasteiger charge is 2.20. The van der Waals surface area contributed by atoms with Crippen LogP contribution >= 0.6 is 27.5 Å². The molecule has 0 fully saturated rings. The third-order valence-corrected chi connectivity index (χ3v) is 4.40. The summed E-state index contributed by atoms with van der Waals surface area (Å²) in [7, 11) is 0. The highest BCUT2D eigenvalue weighted by Crippen LogP contribution is 2.34. The monoisotopic (exact) mass is 364 g/mol. The topological polar surface area (TPSA) is 41.1 Å². The molecule has 0 bridgehead atoms. The molecule has 3 nitrogen and oxygen atoms in total. The Morgan fingerprint density at radius 1 is 1.29 bits per heavy atom. The number of carbonyl (C=O) groups excluding carboxylic acids is 1. The molecule has 1 aliphatic rings. The van der Waals surface area contributed by atoms with Gasteiger partial charge in [-0.3, -0.25) is 4.79 Å². The molecule has 0 saturated carbocycles. The van der Waals surface area contributed by atoms with Gasteiger partial charge in [-0.25, -0.2) is 0 Å². The maximum Gasteiger partial charge on any atom is 0.228 e. The van der Waals surface area contributed by atoms with Crippen molar-refractivity contribution in [3.63, 3.8) is 0 Å². The molecule has 0 spiro atoms. The van der Waals surface area contributed by atoms with E-state index in [1.165, 1.54) is 5.56 Å². The molecule has 3 rings (SSSR count).